The van der Waals surface area contributed by atoms with Crippen LogP contribution in [0.4, 0.5) is 5.82 Å². The summed E-state index contributed by atoms with van der Waals surface area (Å²) >= 11 is 2.28. The lowest BCUT2D eigenvalue weighted by Gasteiger charge is -2.33. The summed E-state index contributed by atoms with van der Waals surface area (Å²) < 4.78 is 1.12. The molecule has 1 unspecified atom stereocenters. The van der Waals surface area contributed by atoms with Gasteiger partial charge in [0.05, 0.1) is 3.57 Å². The summed E-state index contributed by atoms with van der Waals surface area (Å²) in [5.41, 5.74) is 0. The highest BCUT2D eigenvalue weighted by Gasteiger charge is 2.18. The van der Waals surface area contributed by atoms with Gasteiger partial charge in [-0.15, -0.1) is 0 Å². The second-order valence-electron chi connectivity index (χ2n) is 3.50. The first-order chi connectivity index (χ1) is 6.77. The number of nitrogens with one attached hydrogen (secondary N) is 1. The van der Waals surface area contributed by atoms with E-state index in [0.717, 1.165) is 29.0 Å². The largest absolute Gasteiger partial charge is 0.353 e. The molecule has 2 rings (SSSR count). The molecule has 0 radical (unpaired) electrons. The minimum atomic E-state index is 0.537. The zero-order valence-electron chi connectivity index (χ0n) is 8.07. The predicted molar refractivity (Wildman–Crippen MR) is 64.4 cm³/mol. The Hall–Kier alpha value is -0.430. The molecule has 14 heavy (non-hydrogen) atoms. The van der Waals surface area contributed by atoms with Crippen LogP contribution in [0.1, 0.15) is 6.92 Å². The Bertz CT molecular complexity index is 317. The molecule has 1 aromatic rings. The van der Waals surface area contributed by atoms with Crippen molar-refractivity contribution >= 4 is 28.4 Å². The van der Waals surface area contributed by atoms with Gasteiger partial charge in [-0.3, -0.25) is 0 Å². The number of anilines is 1. The van der Waals surface area contributed by atoms with Gasteiger partial charge >= 0.3 is 0 Å². The Labute approximate surface area is 97.3 Å². The number of rotatable bonds is 1. The van der Waals surface area contributed by atoms with Crippen LogP contribution in [-0.2, 0) is 0 Å². The van der Waals surface area contributed by atoms with Crippen molar-refractivity contribution in [2.75, 3.05) is 24.5 Å². The minimum Gasteiger partial charge on any atom is -0.353 e. The first kappa shape index (κ1) is 10.1. The Morgan fingerprint density at radius 2 is 2.50 bits per heavy atom. The molecule has 1 atom stereocenters. The lowest BCUT2D eigenvalue weighted by Crippen LogP contribution is -2.49. The molecule has 0 aromatic carbocycles. The van der Waals surface area contributed by atoms with E-state index < -0.39 is 0 Å². The van der Waals surface area contributed by atoms with Crippen LogP contribution in [0.25, 0.3) is 0 Å². The summed E-state index contributed by atoms with van der Waals surface area (Å²) in [6.45, 7) is 5.27. The van der Waals surface area contributed by atoms with Crippen LogP contribution < -0.4 is 10.2 Å². The number of piperazine rings is 1. The van der Waals surface area contributed by atoms with Crippen molar-refractivity contribution in [3.63, 3.8) is 0 Å². The zero-order valence-corrected chi connectivity index (χ0v) is 10.2. The van der Waals surface area contributed by atoms with Gasteiger partial charge in [0.1, 0.15) is 12.1 Å². The van der Waals surface area contributed by atoms with Gasteiger partial charge in [0.2, 0.25) is 0 Å². The standard InChI is InChI=1S/C9H13IN4/c1-7-5-14(3-2-12-7)9-8(10)4-11-6-13-9/h4,6-7,12H,2-3,5H2,1H3. The topological polar surface area (TPSA) is 41.1 Å². The molecular formula is C9H13IN4. The third kappa shape index (κ3) is 2.14. The predicted octanol–water partition coefficient (Wildman–Crippen LogP) is 0.879. The number of halogens is 1. The van der Waals surface area contributed by atoms with Crippen molar-refractivity contribution in [1.29, 1.82) is 0 Å². The third-order valence-corrected chi connectivity index (χ3v) is 3.08. The summed E-state index contributed by atoms with van der Waals surface area (Å²) in [4.78, 5) is 10.6. The van der Waals surface area contributed by atoms with E-state index in [0.29, 0.717) is 6.04 Å². The number of aromatic nitrogens is 2. The van der Waals surface area contributed by atoms with E-state index in [9.17, 15) is 0 Å². The van der Waals surface area contributed by atoms with Crippen LogP contribution in [0.15, 0.2) is 12.5 Å². The van der Waals surface area contributed by atoms with Crippen molar-refractivity contribution < 1.29 is 0 Å². The summed E-state index contributed by atoms with van der Waals surface area (Å²) in [6.07, 6.45) is 3.47. The Morgan fingerprint density at radius 1 is 1.64 bits per heavy atom. The van der Waals surface area contributed by atoms with Crippen LogP contribution in [0.2, 0.25) is 0 Å². The Balaban J connectivity index is 2.18. The fraction of sp³-hybridized carbons (Fsp3) is 0.556. The quantitative estimate of drug-likeness (QED) is 0.782. The normalized spacial score (nSPS) is 22.4. The molecule has 1 saturated heterocycles. The van der Waals surface area contributed by atoms with Crippen LogP contribution >= 0.6 is 22.6 Å². The molecule has 0 saturated carbocycles. The molecule has 4 nitrogen and oxygen atoms in total. The molecule has 0 bridgehead atoms. The van der Waals surface area contributed by atoms with Gasteiger partial charge < -0.3 is 10.2 Å². The van der Waals surface area contributed by atoms with Crippen LogP contribution in [0.5, 0.6) is 0 Å². The Kier molecular flexibility index (Phi) is 3.17. The van der Waals surface area contributed by atoms with Gasteiger partial charge in [-0.2, -0.15) is 0 Å². The van der Waals surface area contributed by atoms with Gasteiger partial charge in [-0.1, -0.05) is 0 Å². The lowest BCUT2D eigenvalue weighted by molar-refractivity contribution is 0.481. The third-order valence-electron chi connectivity index (χ3n) is 2.32. The van der Waals surface area contributed by atoms with E-state index in [2.05, 4.69) is 49.7 Å². The van der Waals surface area contributed by atoms with E-state index in [1.165, 1.54) is 0 Å². The average Bonchev–Trinajstić information content (AvgIpc) is 2.18. The molecule has 1 fully saturated rings. The SMILES string of the molecule is CC1CN(c2ncncc2I)CCN1. The van der Waals surface area contributed by atoms with Crippen molar-refractivity contribution in [3.05, 3.63) is 16.1 Å². The minimum absolute atomic E-state index is 0.537. The smallest absolute Gasteiger partial charge is 0.145 e. The molecule has 1 aliphatic heterocycles. The number of hydrogen-bond donors (Lipinski definition) is 1. The van der Waals surface area contributed by atoms with Gasteiger partial charge in [0.15, 0.2) is 0 Å². The average molecular weight is 304 g/mol. The molecule has 1 aliphatic rings. The molecule has 2 heterocycles. The molecule has 1 N–H and O–H groups in total. The van der Waals surface area contributed by atoms with Gasteiger partial charge in [0.25, 0.3) is 0 Å². The fourth-order valence-electron chi connectivity index (χ4n) is 1.66. The zero-order chi connectivity index (χ0) is 9.97. The van der Waals surface area contributed by atoms with E-state index in [4.69, 9.17) is 0 Å². The van der Waals surface area contributed by atoms with Crippen molar-refractivity contribution in [2.45, 2.75) is 13.0 Å². The molecule has 0 spiro atoms. The van der Waals surface area contributed by atoms with Crippen LogP contribution in [-0.4, -0.2) is 35.6 Å². The molecule has 1 aromatic heterocycles. The molecule has 76 valence electrons. The second-order valence-corrected chi connectivity index (χ2v) is 4.66. The van der Waals surface area contributed by atoms with E-state index in [-0.39, 0.29) is 0 Å². The second kappa shape index (κ2) is 4.39. The Morgan fingerprint density at radius 3 is 3.21 bits per heavy atom. The van der Waals surface area contributed by atoms with E-state index in [1.54, 1.807) is 6.33 Å². The van der Waals surface area contributed by atoms with Crippen LogP contribution in [0.3, 0.4) is 0 Å². The first-order valence-corrected chi connectivity index (χ1v) is 5.79. The van der Waals surface area contributed by atoms with Crippen molar-refractivity contribution in [1.82, 2.24) is 15.3 Å². The van der Waals surface area contributed by atoms with E-state index in [1.807, 2.05) is 6.20 Å². The van der Waals surface area contributed by atoms with Crippen molar-refractivity contribution in [2.24, 2.45) is 0 Å². The van der Waals surface area contributed by atoms with Crippen molar-refractivity contribution in [3.8, 4) is 0 Å². The van der Waals surface area contributed by atoms with Gasteiger partial charge in [0, 0.05) is 31.9 Å². The maximum Gasteiger partial charge on any atom is 0.145 e. The van der Waals surface area contributed by atoms with E-state index >= 15 is 0 Å². The monoisotopic (exact) mass is 304 g/mol. The highest BCUT2D eigenvalue weighted by atomic mass is 127. The molecule has 0 amide bonds. The number of nitrogens with zero attached hydrogens (tertiary/aromatic N) is 3. The maximum atomic E-state index is 4.32. The lowest BCUT2D eigenvalue weighted by atomic mass is 10.2. The molecular weight excluding hydrogens is 291 g/mol. The summed E-state index contributed by atoms with van der Waals surface area (Å²) in [5.74, 6) is 1.06. The maximum absolute atomic E-state index is 4.32. The van der Waals surface area contributed by atoms with Crippen LogP contribution in [0, 0.1) is 3.57 Å². The van der Waals surface area contributed by atoms with Gasteiger partial charge in [-0.25, -0.2) is 9.97 Å². The fourth-order valence-corrected chi connectivity index (χ4v) is 2.30. The first-order valence-electron chi connectivity index (χ1n) is 4.71. The summed E-state index contributed by atoms with van der Waals surface area (Å²) in [7, 11) is 0. The highest BCUT2D eigenvalue weighted by Crippen LogP contribution is 2.18. The molecule has 5 heteroatoms. The number of hydrogen-bond acceptors (Lipinski definition) is 4. The summed E-state index contributed by atoms with van der Waals surface area (Å²) in [6, 6.07) is 0.537. The van der Waals surface area contributed by atoms with Gasteiger partial charge in [-0.05, 0) is 29.5 Å². The molecule has 0 aliphatic carbocycles. The highest BCUT2D eigenvalue weighted by molar-refractivity contribution is 14.1. The summed E-state index contributed by atoms with van der Waals surface area (Å²) in [5, 5.41) is 3.41.